The van der Waals surface area contributed by atoms with Crippen molar-refractivity contribution >= 4 is 5.69 Å². The first-order chi connectivity index (χ1) is 16.8. The summed E-state index contributed by atoms with van der Waals surface area (Å²) in [5.74, 6) is 1.71. The monoisotopic (exact) mass is 458 g/mol. The van der Waals surface area contributed by atoms with Crippen molar-refractivity contribution in [2.24, 2.45) is 0 Å². The molecule has 2 aromatic carbocycles. The van der Waals surface area contributed by atoms with Crippen LogP contribution in [0.5, 0.6) is 5.75 Å². The molecular weight excluding hydrogens is 428 g/mol. The fourth-order valence-electron chi connectivity index (χ4n) is 4.42. The number of ether oxygens (including phenoxy) is 1. The lowest BCUT2D eigenvalue weighted by Gasteiger charge is -2.36. The number of rotatable bonds is 9. The van der Waals surface area contributed by atoms with E-state index in [1.165, 1.54) is 12.1 Å². The molecule has 3 heterocycles. The van der Waals surface area contributed by atoms with Gasteiger partial charge in [0.1, 0.15) is 11.4 Å². The van der Waals surface area contributed by atoms with Crippen molar-refractivity contribution in [3.63, 3.8) is 0 Å². The second-order valence-electron chi connectivity index (χ2n) is 8.52. The van der Waals surface area contributed by atoms with E-state index in [-0.39, 0.29) is 0 Å². The molecule has 5 rings (SSSR count). The Kier molecular flexibility index (Phi) is 6.86. The molecule has 0 aliphatic carbocycles. The highest BCUT2D eigenvalue weighted by Crippen LogP contribution is 2.28. The minimum Gasteiger partial charge on any atom is -0.495 e. The van der Waals surface area contributed by atoms with Gasteiger partial charge in [0.15, 0.2) is 12.2 Å². The zero-order chi connectivity index (χ0) is 23.2. The van der Waals surface area contributed by atoms with Gasteiger partial charge in [0, 0.05) is 43.9 Å². The lowest BCUT2D eigenvalue weighted by Crippen LogP contribution is -2.46. The molecule has 8 nitrogen and oxygen atoms in total. The number of nitrogens with zero attached hydrogens (tertiary/aromatic N) is 6. The summed E-state index contributed by atoms with van der Waals surface area (Å²) in [6.45, 7) is 6.21. The largest absolute Gasteiger partial charge is 0.495 e. The first-order valence-electron chi connectivity index (χ1n) is 11.8. The molecule has 1 aliphatic heterocycles. The van der Waals surface area contributed by atoms with Gasteiger partial charge < -0.3 is 14.1 Å². The molecule has 176 valence electrons. The van der Waals surface area contributed by atoms with Gasteiger partial charge in [-0.15, -0.1) is 5.10 Å². The summed E-state index contributed by atoms with van der Waals surface area (Å²) < 4.78 is 12.8. The van der Waals surface area contributed by atoms with Crippen LogP contribution in [-0.2, 0) is 6.54 Å². The third-order valence-electron chi connectivity index (χ3n) is 6.35. The van der Waals surface area contributed by atoms with Crippen molar-refractivity contribution in [1.82, 2.24) is 24.9 Å². The normalized spacial score (nSPS) is 14.4. The van der Waals surface area contributed by atoms with Crippen molar-refractivity contribution < 1.29 is 9.15 Å². The van der Waals surface area contributed by atoms with Crippen LogP contribution in [0.1, 0.15) is 12.8 Å². The number of methoxy groups -OCH3 is 1. The van der Waals surface area contributed by atoms with E-state index in [1.807, 2.05) is 47.3 Å². The molecule has 8 heteroatoms. The average molecular weight is 459 g/mol. The standard InChI is InChI=1S/C26H30N6O2/c1-33-25-7-3-2-6-24(25)31-16-14-30(15-17-31)12-4-5-13-32-19-23(28-29-32)21-8-10-22(11-9-21)26-18-27-20-34-26/h2-3,6-11,18-20H,4-5,12-17H2,1H3. The summed E-state index contributed by atoms with van der Waals surface area (Å²) in [7, 11) is 1.74. The van der Waals surface area contributed by atoms with E-state index in [1.54, 1.807) is 13.3 Å². The molecule has 1 fully saturated rings. The third kappa shape index (κ3) is 5.12. The number of aromatic nitrogens is 4. The van der Waals surface area contributed by atoms with Gasteiger partial charge in [-0.1, -0.05) is 41.6 Å². The van der Waals surface area contributed by atoms with Crippen molar-refractivity contribution in [3.05, 3.63) is 67.3 Å². The van der Waals surface area contributed by atoms with Crippen LogP contribution in [0, 0.1) is 0 Å². The number of para-hydroxylation sites is 2. The number of piperazine rings is 1. The number of benzene rings is 2. The van der Waals surface area contributed by atoms with E-state index >= 15 is 0 Å². The minimum atomic E-state index is 0.761. The summed E-state index contributed by atoms with van der Waals surface area (Å²) in [5.41, 5.74) is 4.12. The zero-order valence-corrected chi connectivity index (χ0v) is 19.5. The molecule has 1 aliphatic rings. The third-order valence-corrected chi connectivity index (χ3v) is 6.35. The molecule has 0 amide bonds. The summed E-state index contributed by atoms with van der Waals surface area (Å²) >= 11 is 0. The van der Waals surface area contributed by atoms with Crippen LogP contribution >= 0.6 is 0 Å². The fraction of sp³-hybridized carbons (Fsp3) is 0.346. The Balaban J connectivity index is 1.05. The van der Waals surface area contributed by atoms with Crippen molar-refractivity contribution in [2.75, 3.05) is 44.7 Å². The number of oxazole rings is 1. The highest BCUT2D eigenvalue weighted by molar-refractivity contribution is 5.65. The molecule has 0 bridgehead atoms. The Hall–Kier alpha value is -3.65. The number of anilines is 1. The topological polar surface area (TPSA) is 72.5 Å². The van der Waals surface area contributed by atoms with Gasteiger partial charge in [-0.25, -0.2) is 4.98 Å². The Morgan fingerprint density at radius 1 is 0.912 bits per heavy atom. The molecule has 4 aromatic rings. The maximum Gasteiger partial charge on any atom is 0.181 e. The Labute approximate surface area is 199 Å². The molecule has 0 radical (unpaired) electrons. The first kappa shape index (κ1) is 22.2. The summed E-state index contributed by atoms with van der Waals surface area (Å²) in [6, 6.07) is 16.4. The van der Waals surface area contributed by atoms with Gasteiger partial charge in [-0.2, -0.15) is 0 Å². The molecule has 1 saturated heterocycles. The molecular formula is C26H30N6O2. The lowest BCUT2D eigenvalue weighted by atomic mass is 10.1. The van der Waals surface area contributed by atoms with Gasteiger partial charge >= 0.3 is 0 Å². The SMILES string of the molecule is COc1ccccc1N1CCN(CCCCn2cc(-c3ccc(-c4cnco4)cc3)nn2)CC1. The van der Waals surface area contributed by atoms with E-state index in [9.17, 15) is 0 Å². The number of aryl methyl sites for hydroxylation is 1. The average Bonchev–Trinajstić information content (AvgIpc) is 3.60. The highest BCUT2D eigenvalue weighted by atomic mass is 16.5. The van der Waals surface area contributed by atoms with Crippen LogP contribution in [0.3, 0.4) is 0 Å². The van der Waals surface area contributed by atoms with E-state index in [2.05, 4.69) is 37.2 Å². The first-order valence-corrected chi connectivity index (χ1v) is 11.8. The second-order valence-corrected chi connectivity index (χ2v) is 8.52. The Morgan fingerprint density at radius 3 is 2.44 bits per heavy atom. The van der Waals surface area contributed by atoms with Gasteiger partial charge in [0.2, 0.25) is 0 Å². The quantitative estimate of drug-likeness (QED) is 0.348. The predicted molar refractivity (Wildman–Crippen MR) is 132 cm³/mol. The molecule has 0 N–H and O–H groups in total. The van der Waals surface area contributed by atoms with Gasteiger partial charge in [0.25, 0.3) is 0 Å². The summed E-state index contributed by atoms with van der Waals surface area (Å²) in [4.78, 5) is 8.94. The van der Waals surface area contributed by atoms with E-state index < -0.39 is 0 Å². The maximum absolute atomic E-state index is 5.52. The molecule has 0 spiro atoms. The molecule has 0 unspecified atom stereocenters. The van der Waals surface area contributed by atoms with Crippen molar-refractivity contribution in [2.45, 2.75) is 19.4 Å². The number of hydrogen-bond donors (Lipinski definition) is 0. The van der Waals surface area contributed by atoms with Gasteiger partial charge in [-0.05, 0) is 31.5 Å². The molecule has 0 saturated carbocycles. The van der Waals surface area contributed by atoms with Gasteiger partial charge in [0.05, 0.1) is 25.2 Å². The van der Waals surface area contributed by atoms with E-state index in [0.29, 0.717) is 0 Å². The summed E-state index contributed by atoms with van der Waals surface area (Å²) in [5, 5.41) is 8.66. The number of unbranched alkanes of at least 4 members (excludes halogenated alkanes) is 1. The van der Waals surface area contributed by atoms with Gasteiger partial charge in [-0.3, -0.25) is 9.58 Å². The second kappa shape index (κ2) is 10.5. The summed E-state index contributed by atoms with van der Waals surface area (Å²) in [6.07, 6.45) is 7.41. The highest BCUT2D eigenvalue weighted by Gasteiger charge is 2.19. The van der Waals surface area contributed by atoms with Crippen LogP contribution in [0.2, 0.25) is 0 Å². The van der Waals surface area contributed by atoms with Crippen LogP contribution in [0.4, 0.5) is 5.69 Å². The Morgan fingerprint density at radius 2 is 1.68 bits per heavy atom. The zero-order valence-electron chi connectivity index (χ0n) is 19.5. The van der Waals surface area contributed by atoms with Crippen LogP contribution in [-0.4, -0.2) is 64.7 Å². The Bertz CT molecular complexity index is 1160. The van der Waals surface area contributed by atoms with Crippen LogP contribution < -0.4 is 9.64 Å². The predicted octanol–water partition coefficient (Wildman–Crippen LogP) is 4.21. The van der Waals surface area contributed by atoms with Crippen molar-refractivity contribution in [3.8, 4) is 28.3 Å². The van der Waals surface area contributed by atoms with E-state index in [0.717, 1.165) is 80.4 Å². The lowest BCUT2D eigenvalue weighted by molar-refractivity contribution is 0.250. The molecule has 2 aromatic heterocycles. The smallest absolute Gasteiger partial charge is 0.181 e. The van der Waals surface area contributed by atoms with Crippen LogP contribution in [0.25, 0.3) is 22.6 Å². The fourth-order valence-corrected chi connectivity index (χ4v) is 4.42. The minimum absolute atomic E-state index is 0.761. The van der Waals surface area contributed by atoms with Crippen LogP contribution in [0.15, 0.2) is 71.7 Å². The van der Waals surface area contributed by atoms with E-state index in [4.69, 9.17) is 9.15 Å². The molecule has 34 heavy (non-hydrogen) atoms. The van der Waals surface area contributed by atoms with Crippen molar-refractivity contribution in [1.29, 1.82) is 0 Å². The molecule has 0 atom stereocenters. The number of hydrogen-bond acceptors (Lipinski definition) is 7. The maximum atomic E-state index is 5.52.